The molecule has 0 aliphatic heterocycles. The third-order valence-corrected chi connectivity index (χ3v) is 3.90. The highest BCUT2D eigenvalue weighted by atomic mass is 32.2. The summed E-state index contributed by atoms with van der Waals surface area (Å²) in [6.45, 7) is 1.80. The zero-order chi connectivity index (χ0) is 17.6. The van der Waals surface area contributed by atoms with Crippen LogP contribution in [0.5, 0.6) is 0 Å². The number of amides is 1. The van der Waals surface area contributed by atoms with E-state index in [1.807, 2.05) is 30.3 Å². The zero-order valence-electron chi connectivity index (χ0n) is 13.6. The van der Waals surface area contributed by atoms with E-state index in [0.717, 1.165) is 11.8 Å². The maximum Gasteiger partial charge on any atom is 0.244 e. The van der Waals surface area contributed by atoms with Gasteiger partial charge in [0.1, 0.15) is 0 Å². The molecule has 2 aromatic carbocycles. The van der Waals surface area contributed by atoms with E-state index >= 15 is 0 Å². The van der Waals surface area contributed by atoms with Gasteiger partial charge in [0.2, 0.25) is 15.9 Å². The summed E-state index contributed by atoms with van der Waals surface area (Å²) in [6.07, 6.45) is 4.27. The van der Waals surface area contributed by atoms with Crippen LogP contribution in [0.3, 0.4) is 0 Å². The van der Waals surface area contributed by atoms with E-state index in [4.69, 9.17) is 0 Å². The summed E-state index contributed by atoms with van der Waals surface area (Å²) in [5.41, 5.74) is 2.09. The van der Waals surface area contributed by atoms with E-state index in [0.29, 0.717) is 11.3 Å². The molecule has 0 aliphatic carbocycles. The van der Waals surface area contributed by atoms with Crippen molar-refractivity contribution >= 4 is 27.7 Å². The second-order valence-electron chi connectivity index (χ2n) is 5.44. The second-order valence-corrected chi connectivity index (χ2v) is 7.18. The summed E-state index contributed by atoms with van der Waals surface area (Å²) < 4.78 is 25.4. The third-order valence-electron chi connectivity index (χ3n) is 3.31. The Labute approximate surface area is 142 Å². The highest BCUT2D eigenvalue weighted by Crippen LogP contribution is 2.23. The fourth-order valence-electron chi connectivity index (χ4n) is 2.24. The lowest BCUT2D eigenvalue weighted by atomic mass is 10.1. The number of carbonyl (C=O) groups excluding carboxylic acids is 1. The molecule has 1 atom stereocenters. The van der Waals surface area contributed by atoms with Crippen molar-refractivity contribution < 1.29 is 13.2 Å². The molecule has 0 radical (unpaired) electrons. The fourth-order valence-corrected chi connectivity index (χ4v) is 2.83. The monoisotopic (exact) mass is 344 g/mol. The average molecular weight is 344 g/mol. The Morgan fingerprint density at radius 3 is 2.33 bits per heavy atom. The molecule has 6 heteroatoms. The molecule has 0 saturated carbocycles. The molecule has 0 spiro atoms. The van der Waals surface area contributed by atoms with Gasteiger partial charge >= 0.3 is 0 Å². The summed E-state index contributed by atoms with van der Waals surface area (Å²) in [7, 11) is -3.38. The van der Waals surface area contributed by atoms with Gasteiger partial charge in [-0.25, -0.2) is 8.42 Å². The number of nitrogens with one attached hydrogen (secondary N) is 2. The van der Waals surface area contributed by atoms with Gasteiger partial charge in [0.15, 0.2) is 0 Å². The predicted molar refractivity (Wildman–Crippen MR) is 96.9 cm³/mol. The van der Waals surface area contributed by atoms with Crippen LogP contribution in [0.25, 0.3) is 6.08 Å². The van der Waals surface area contributed by atoms with Gasteiger partial charge in [0.05, 0.1) is 18.0 Å². The normalized spacial score (nSPS) is 12.8. The van der Waals surface area contributed by atoms with Crippen molar-refractivity contribution in [2.45, 2.75) is 13.0 Å². The minimum atomic E-state index is -3.38. The molecule has 0 aliphatic rings. The first-order valence-electron chi connectivity index (χ1n) is 7.45. The quantitative estimate of drug-likeness (QED) is 0.791. The number of benzene rings is 2. The Kier molecular flexibility index (Phi) is 5.76. The molecule has 2 rings (SSSR count). The van der Waals surface area contributed by atoms with Gasteiger partial charge in [-0.05, 0) is 30.2 Å². The van der Waals surface area contributed by atoms with Crippen LogP contribution in [0, 0.1) is 0 Å². The molecule has 24 heavy (non-hydrogen) atoms. The summed E-state index contributed by atoms with van der Waals surface area (Å²) in [4.78, 5) is 12.1. The van der Waals surface area contributed by atoms with E-state index in [2.05, 4.69) is 10.0 Å². The Morgan fingerprint density at radius 2 is 1.67 bits per heavy atom. The summed E-state index contributed by atoms with van der Waals surface area (Å²) in [6, 6.07) is 16.1. The van der Waals surface area contributed by atoms with Crippen LogP contribution in [0.4, 0.5) is 5.69 Å². The van der Waals surface area contributed by atoms with Gasteiger partial charge in [0, 0.05) is 6.08 Å². The standard InChI is InChI=1S/C18H20N2O3S/c1-14(16-10-6-7-11-17(16)20-24(2,22)23)19-18(21)13-12-15-8-4-3-5-9-15/h3-14,20H,1-2H3,(H,19,21)/b13-12+. The van der Waals surface area contributed by atoms with Gasteiger partial charge in [-0.15, -0.1) is 0 Å². The van der Waals surface area contributed by atoms with Crippen molar-refractivity contribution in [3.8, 4) is 0 Å². The number of hydrogen-bond acceptors (Lipinski definition) is 3. The number of sulfonamides is 1. The molecule has 0 aromatic heterocycles. The summed E-state index contributed by atoms with van der Waals surface area (Å²) in [5.74, 6) is -0.250. The van der Waals surface area contributed by atoms with Crippen LogP contribution in [-0.2, 0) is 14.8 Å². The van der Waals surface area contributed by atoms with E-state index in [-0.39, 0.29) is 11.9 Å². The van der Waals surface area contributed by atoms with E-state index in [9.17, 15) is 13.2 Å². The van der Waals surface area contributed by atoms with Crippen molar-refractivity contribution in [2.24, 2.45) is 0 Å². The van der Waals surface area contributed by atoms with Crippen molar-refractivity contribution in [3.05, 3.63) is 71.8 Å². The molecule has 0 saturated heterocycles. The largest absolute Gasteiger partial charge is 0.346 e. The van der Waals surface area contributed by atoms with Crippen LogP contribution < -0.4 is 10.0 Å². The molecule has 0 fully saturated rings. The molecular formula is C18H20N2O3S. The molecule has 0 bridgehead atoms. The summed E-state index contributed by atoms with van der Waals surface area (Å²) >= 11 is 0. The van der Waals surface area contributed by atoms with E-state index < -0.39 is 10.0 Å². The first-order chi connectivity index (χ1) is 11.3. The van der Waals surface area contributed by atoms with Crippen molar-refractivity contribution in [2.75, 3.05) is 11.0 Å². The minimum Gasteiger partial charge on any atom is -0.346 e. The van der Waals surface area contributed by atoms with Crippen LogP contribution in [0.1, 0.15) is 24.1 Å². The van der Waals surface area contributed by atoms with Crippen LogP contribution in [0.2, 0.25) is 0 Å². The van der Waals surface area contributed by atoms with Crippen LogP contribution >= 0.6 is 0 Å². The molecule has 2 N–H and O–H groups in total. The first-order valence-corrected chi connectivity index (χ1v) is 9.34. The van der Waals surface area contributed by atoms with E-state index in [1.165, 1.54) is 6.08 Å². The highest BCUT2D eigenvalue weighted by molar-refractivity contribution is 7.92. The molecule has 1 amide bonds. The molecule has 2 aromatic rings. The molecule has 5 nitrogen and oxygen atoms in total. The SMILES string of the molecule is CC(NC(=O)/C=C/c1ccccc1)c1ccccc1NS(C)(=O)=O. The highest BCUT2D eigenvalue weighted by Gasteiger charge is 2.14. The number of rotatable bonds is 6. The topological polar surface area (TPSA) is 75.3 Å². The lowest BCUT2D eigenvalue weighted by Gasteiger charge is -2.17. The Hall–Kier alpha value is -2.60. The van der Waals surface area contributed by atoms with Crippen LogP contribution in [-0.4, -0.2) is 20.6 Å². The number of carbonyl (C=O) groups is 1. The van der Waals surface area contributed by atoms with Gasteiger partial charge in [-0.3, -0.25) is 9.52 Å². The van der Waals surface area contributed by atoms with Crippen molar-refractivity contribution in [1.29, 1.82) is 0 Å². The zero-order valence-corrected chi connectivity index (χ0v) is 14.4. The van der Waals surface area contributed by atoms with Gasteiger partial charge in [-0.1, -0.05) is 48.5 Å². The molecular weight excluding hydrogens is 324 g/mol. The average Bonchev–Trinajstić information content (AvgIpc) is 2.53. The number of para-hydroxylation sites is 1. The second kappa shape index (κ2) is 7.79. The maximum absolute atomic E-state index is 12.1. The van der Waals surface area contributed by atoms with Gasteiger partial charge in [-0.2, -0.15) is 0 Å². The Morgan fingerprint density at radius 1 is 1.04 bits per heavy atom. The Bertz CT molecular complexity index is 830. The molecule has 0 heterocycles. The van der Waals surface area contributed by atoms with Gasteiger partial charge < -0.3 is 5.32 Å². The number of anilines is 1. The Balaban J connectivity index is 2.08. The molecule has 126 valence electrons. The molecule has 1 unspecified atom stereocenters. The summed E-state index contributed by atoms with van der Waals surface area (Å²) in [5, 5.41) is 2.83. The smallest absolute Gasteiger partial charge is 0.244 e. The lowest BCUT2D eigenvalue weighted by Crippen LogP contribution is -2.25. The maximum atomic E-state index is 12.1. The number of hydrogen-bond donors (Lipinski definition) is 2. The van der Waals surface area contributed by atoms with Crippen LogP contribution in [0.15, 0.2) is 60.7 Å². The van der Waals surface area contributed by atoms with Crippen molar-refractivity contribution in [3.63, 3.8) is 0 Å². The lowest BCUT2D eigenvalue weighted by molar-refractivity contribution is -0.117. The predicted octanol–water partition coefficient (Wildman–Crippen LogP) is 2.95. The fraction of sp³-hybridized carbons (Fsp3) is 0.167. The van der Waals surface area contributed by atoms with Gasteiger partial charge in [0.25, 0.3) is 0 Å². The first kappa shape index (κ1) is 17.7. The minimum absolute atomic E-state index is 0.250. The van der Waals surface area contributed by atoms with E-state index in [1.54, 1.807) is 37.3 Å². The third kappa shape index (κ3) is 5.55. The van der Waals surface area contributed by atoms with Crippen molar-refractivity contribution in [1.82, 2.24) is 5.32 Å².